The Morgan fingerprint density at radius 1 is 1.29 bits per heavy atom. The maximum absolute atomic E-state index is 8.43. The summed E-state index contributed by atoms with van der Waals surface area (Å²) >= 11 is 0. The Kier molecular flexibility index (Phi) is 3.69. The molecule has 0 spiro atoms. The Bertz CT molecular complexity index is 555. The molecule has 1 aromatic heterocycles. The van der Waals surface area contributed by atoms with Crippen LogP contribution in [-0.4, -0.2) is 11.5 Å². The quantitative estimate of drug-likeness (QED) is 0.813. The van der Waals surface area contributed by atoms with Crippen molar-refractivity contribution < 1.29 is 0 Å². The van der Waals surface area contributed by atoms with Crippen LogP contribution in [0.2, 0.25) is 0 Å². The number of hydrogen-bond donors (Lipinski definition) is 1. The molecule has 0 aliphatic carbocycles. The van der Waals surface area contributed by atoms with E-state index in [1.807, 2.05) is 19.1 Å². The molecule has 1 aromatic carbocycles. The summed E-state index contributed by atoms with van der Waals surface area (Å²) in [5.74, 6) is 0. The summed E-state index contributed by atoms with van der Waals surface area (Å²) in [7, 11) is 0. The van der Waals surface area contributed by atoms with Gasteiger partial charge >= 0.3 is 0 Å². The van der Waals surface area contributed by atoms with Crippen LogP contribution in [0.5, 0.6) is 0 Å². The first kappa shape index (κ1) is 11.6. The Labute approximate surface area is 101 Å². The first-order chi connectivity index (χ1) is 8.29. The van der Waals surface area contributed by atoms with Gasteiger partial charge in [0.1, 0.15) is 0 Å². The molecule has 0 saturated carbocycles. The molecule has 0 aliphatic heterocycles. The van der Waals surface area contributed by atoms with E-state index in [-0.39, 0.29) is 0 Å². The molecule has 0 unspecified atom stereocenters. The fraction of sp³-hybridized carbons (Fsp3) is 0.286. The second-order valence-electron chi connectivity index (χ2n) is 4.06. The second-order valence-corrected chi connectivity index (χ2v) is 4.06. The SMILES string of the molecule is Cc1ccc2cc(CNCCC#N)ccc2n1. The van der Waals surface area contributed by atoms with Gasteiger partial charge in [-0.15, -0.1) is 0 Å². The minimum Gasteiger partial charge on any atom is -0.312 e. The van der Waals surface area contributed by atoms with E-state index in [1.165, 1.54) is 5.56 Å². The minimum atomic E-state index is 0.550. The number of aromatic nitrogens is 1. The third kappa shape index (κ3) is 3.02. The summed E-state index contributed by atoms with van der Waals surface area (Å²) in [5, 5.41) is 12.8. The van der Waals surface area contributed by atoms with E-state index in [0.717, 1.165) is 29.7 Å². The van der Waals surface area contributed by atoms with Gasteiger partial charge in [0, 0.05) is 30.6 Å². The third-order valence-corrected chi connectivity index (χ3v) is 2.64. The molecule has 0 fully saturated rings. The van der Waals surface area contributed by atoms with Gasteiger partial charge < -0.3 is 5.32 Å². The van der Waals surface area contributed by atoms with Gasteiger partial charge in [0.25, 0.3) is 0 Å². The predicted octanol–water partition coefficient (Wildman–Crippen LogP) is 2.55. The average Bonchev–Trinajstić information content (AvgIpc) is 2.35. The lowest BCUT2D eigenvalue weighted by atomic mass is 10.1. The zero-order chi connectivity index (χ0) is 12.1. The van der Waals surface area contributed by atoms with Crippen LogP contribution >= 0.6 is 0 Å². The summed E-state index contributed by atoms with van der Waals surface area (Å²) in [5.41, 5.74) is 3.30. The molecule has 0 bridgehead atoms. The number of rotatable bonds is 4. The average molecular weight is 225 g/mol. The van der Waals surface area contributed by atoms with Gasteiger partial charge in [-0.25, -0.2) is 0 Å². The second kappa shape index (κ2) is 5.42. The van der Waals surface area contributed by atoms with Crippen molar-refractivity contribution in [1.29, 1.82) is 5.26 Å². The van der Waals surface area contributed by atoms with Gasteiger partial charge in [-0.1, -0.05) is 12.1 Å². The fourth-order valence-corrected chi connectivity index (χ4v) is 1.76. The van der Waals surface area contributed by atoms with Crippen molar-refractivity contribution in [2.24, 2.45) is 0 Å². The molecular weight excluding hydrogens is 210 g/mol. The van der Waals surface area contributed by atoms with Crippen LogP contribution < -0.4 is 5.32 Å². The number of nitrogens with zero attached hydrogens (tertiary/aromatic N) is 2. The van der Waals surface area contributed by atoms with Crippen LogP contribution in [-0.2, 0) is 6.54 Å². The normalized spacial score (nSPS) is 10.4. The van der Waals surface area contributed by atoms with Crippen molar-refractivity contribution in [3.05, 3.63) is 41.6 Å². The number of aryl methyl sites for hydroxylation is 1. The van der Waals surface area contributed by atoms with Crippen LogP contribution in [0.3, 0.4) is 0 Å². The van der Waals surface area contributed by atoms with Gasteiger partial charge in [0.15, 0.2) is 0 Å². The van der Waals surface area contributed by atoms with Crippen molar-refractivity contribution in [1.82, 2.24) is 10.3 Å². The largest absolute Gasteiger partial charge is 0.312 e. The van der Waals surface area contributed by atoms with E-state index in [1.54, 1.807) is 0 Å². The molecule has 0 amide bonds. The highest BCUT2D eigenvalue weighted by Crippen LogP contribution is 2.14. The maximum atomic E-state index is 8.43. The highest BCUT2D eigenvalue weighted by Gasteiger charge is 1.98. The molecule has 0 atom stereocenters. The monoisotopic (exact) mass is 225 g/mol. The van der Waals surface area contributed by atoms with Gasteiger partial charge in [0.05, 0.1) is 11.6 Å². The number of nitriles is 1. The van der Waals surface area contributed by atoms with E-state index in [9.17, 15) is 0 Å². The number of fused-ring (bicyclic) bond motifs is 1. The zero-order valence-corrected chi connectivity index (χ0v) is 9.90. The Balaban J connectivity index is 2.10. The van der Waals surface area contributed by atoms with E-state index in [0.29, 0.717) is 6.42 Å². The Morgan fingerprint density at radius 2 is 2.18 bits per heavy atom. The van der Waals surface area contributed by atoms with E-state index in [4.69, 9.17) is 5.26 Å². The molecule has 2 rings (SSSR count). The van der Waals surface area contributed by atoms with Crippen molar-refractivity contribution >= 4 is 10.9 Å². The standard InChI is InChI=1S/C14H15N3/c1-11-3-5-13-9-12(4-6-14(13)17-11)10-16-8-2-7-15/h3-6,9,16H,2,8,10H2,1H3. The predicted molar refractivity (Wildman–Crippen MR) is 68.4 cm³/mol. The molecule has 17 heavy (non-hydrogen) atoms. The number of nitrogens with one attached hydrogen (secondary N) is 1. The van der Waals surface area contributed by atoms with Gasteiger partial charge in [-0.05, 0) is 30.7 Å². The molecule has 3 nitrogen and oxygen atoms in total. The zero-order valence-electron chi connectivity index (χ0n) is 9.90. The molecule has 0 aliphatic rings. The third-order valence-electron chi connectivity index (χ3n) is 2.64. The number of pyridine rings is 1. The maximum Gasteiger partial charge on any atom is 0.0705 e. The summed E-state index contributed by atoms with van der Waals surface area (Å²) in [4.78, 5) is 4.46. The topological polar surface area (TPSA) is 48.7 Å². The molecular formula is C14H15N3. The van der Waals surface area contributed by atoms with E-state index in [2.05, 4.69) is 34.6 Å². The summed E-state index contributed by atoms with van der Waals surface area (Å²) in [6, 6.07) is 12.5. The summed E-state index contributed by atoms with van der Waals surface area (Å²) in [6.45, 7) is 3.53. The lowest BCUT2D eigenvalue weighted by Crippen LogP contribution is -2.13. The van der Waals surface area contributed by atoms with Crippen LogP contribution in [0.4, 0.5) is 0 Å². The smallest absolute Gasteiger partial charge is 0.0705 e. The molecule has 0 saturated heterocycles. The lowest BCUT2D eigenvalue weighted by Gasteiger charge is -2.05. The fourth-order valence-electron chi connectivity index (χ4n) is 1.76. The van der Waals surface area contributed by atoms with Gasteiger partial charge in [0.2, 0.25) is 0 Å². The van der Waals surface area contributed by atoms with E-state index < -0.39 is 0 Å². The van der Waals surface area contributed by atoms with Crippen molar-refractivity contribution in [3.8, 4) is 6.07 Å². The lowest BCUT2D eigenvalue weighted by molar-refractivity contribution is 0.699. The number of benzene rings is 1. The van der Waals surface area contributed by atoms with E-state index >= 15 is 0 Å². The Morgan fingerprint density at radius 3 is 3.00 bits per heavy atom. The van der Waals surface area contributed by atoms with Crippen LogP contribution in [0.1, 0.15) is 17.7 Å². The molecule has 3 heteroatoms. The highest BCUT2D eigenvalue weighted by atomic mass is 14.8. The van der Waals surface area contributed by atoms with Crippen LogP contribution in [0.15, 0.2) is 30.3 Å². The summed E-state index contributed by atoms with van der Waals surface area (Å²) < 4.78 is 0. The Hall–Kier alpha value is -1.92. The van der Waals surface area contributed by atoms with Crippen molar-refractivity contribution in [2.45, 2.75) is 19.9 Å². The molecule has 2 aromatic rings. The van der Waals surface area contributed by atoms with Crippen molar-refractivity contribution in [3.63, 3.8) is 0 Å². The molecule has 0 radical (unpaired) electrons. The van der Waals surface area contributed by atoms with Gasteiger partial charge in [-0.2, -0.15) is 5.26 Å². The first-order valence-electron chi connectivity index (χ1n) is 5.73. The van der Waals surface area contributed by atoms with Gasteiger partial charge in [-0.3, -0.25) is 4.98 Å². The first-order valence-corrected chi connectivity index (χ1v) is 5.73. The minimum absolute atomic E-state index is 0.550. The number of hydrogen-bond acceptors (Lipinski definition) is 3. The van der Waals surface area contributed by atoms with Crippen LogP contribution in [0, 0.1) is 18.3 Å². The summed E-state index contributed by atoms with van der Waals surface area (Å²) in [6.07, 6.45) is 0.550. The molecule has 1 heterocycles. The highest BCUT2D eigenvalue weighted by molar-refractivity contribution is 5.79. The van der Waals surface area contributed by atoms with Crippen molar-refractivity contribution in [2.75, 3.05) is 6.54 Å². The van der Waals surface area contributed by atoms with Crippen LogP contribution in [0.25, 0.3) is 10.9 Å². The molecule has 86 valence electrons. The molecule has 1 N–H and O–H groups in total.